The van der Waals surface area contributed by atoms with Crippen molar-refractivity contribution in [2.24, 2.45) is 5.73 Å². The topological polar surface area (TPSA) is 64.9 Å². The molecule has 1 aromatic rings. The third-order valence-electron chi connectivity index (χ3n) is 2.35. The van der Waals surface area contributed by atoms with Crippen molar-refractivity contribution < 1.29 is 0 Å². The molecule has 0 bridgehead atoms. The van der Waals surface area contributed by atoms with Crippen LogP contribution in [0.2, 0.25) is 0 Å². The summed E-state index contributed by atoms with van der Waals surface area (Å²) in [4.78, 5) is 4.04. The zero-order valence-corrected chi connectivity index (χ0v) is 7.40. The van der Waals surface area contributed by atoms with E-state index in [1.54, 1.807) is 6.20 Å². The number of aromatic nitrogens is 1. The maximum absolute atomic E-state index is 5.77. The van der Waals surface area contributed by atoms with Crippen molar-refractivity contribution in [1.29, 1.82) is 0 Å². The Kier molecular flexibility index (Phi) is 2.02. The van der Waals surface area contributed by atoms with Crippen molar-refractivity contribution in [3.05, 3.63) is 30.0 Å². The second-order valence-electron chi connectivity index (χ2n) is 3.33. The number of nitrogens with zero attached hydrogens (tertiary/aromatic N) is 1. The van der Waals surface area contributed by atoms with Crippen molar-refractivity contribution in [3.63, 3.8) is 0 Å². The first-order valence-electron chi connectivity index (χ1n) is 4.44. The number of allylic oxidation sites excluding steroid dienone is 1. The van der Waals surface area contributed by atoms with E-state index in [1.807, 2.05) is 12.1 Å². The van der Waals surface area contributed by atoms with Gasteiger partial charge >= 0.3 is 0 Å². The molecule has 1 aliphatic rings. The fourth-order valence-electron chi connectivity index (χ4n) is 1.66. The van der Waals surface area contributed by atoms with Crippen LogP contribution >= 0.6 is 0 Å². The fourth-order valence-corrected chi connectivity index (χ4v) is 1.66. The van der Waals surface area contributed by atoms with Gasteiger partial charge in [-0.2, -0.15) is 0 Å². The highest BCUT2D eigenvalue weighted by atomic mass is 14.8. The number of hydrogen-bond donors (Lipinski definition) is 2. The van der Waals surface area contributed by atoms with Gasteiger partial charge in [0.1, 0.15) is 5.82 Å². The summed E-state index contributed by atoms with van der Waals surface area (Å²) in [5.74, 6) is 0.600. The molecular weight excluding hydrogens is 162 g/mol. The largest absolute Gasteiger partial charge is 0.383 e. The molecule has 68 valence electrons. The summed E-state index contributed by atoms with van der Waals surface area (Å²) >= 11 is 0. The quantitative estimate of drug-likeness (QED) is 0.673. The van der Waals surface area contributed by atoms with Gasteiger partial charge in [0.25, 0.3) is 0 Å². The molecule has 0 spiro atoms. The molecule has 0 saturated carbocycles. The van der Waals surface area contributed by atoms with Crippen LogP contribution in [0.25, 0.3) is 5.57 Å². The van der Waals surface area contributed by atoms with Crippen molar-refractivity contribution in [3.8, 4) is 0 Å². The maximum atomic E-state index is 5.77. The highest BCUT2D eigenvalue weighted by Gasteiger charge is 2.14. The molecule has 0 radical (unpaired) electrons. The van der Waals surface area contributed by atoms with E-state index in [0.29, 0.717) is 5.82 Å². The van der Waals surface area contributed by atoms with Crippen LogP contribution in [0, 0.1) is 0 Å². The van der Waals surface area contributed by atoms with E-state index in [0.717, 1.165) is 18.4 Å². The van der Waals surface area contributed by atoms with Crippen molar-refractivity contribution in [2.75, 3.05) is 5.73 Å². The Morgan fingerprint density at radius 1 is 1.46 bits per heavy atom. The van der Waals surface area contributed by atoms with E-state index in [2.05, 4.69) is 11.1 Å². The average Bonchev–Trinajstić information content (AvgIpc) is 2.53. The first-order chi connectivity index (χ1) is 6.27. The molecule has 1 heterocycles. The molecule has 3 heteroatoms. The number of anilines is 1. The summed E-state index contributed by atoms with van der Waals surface area (Å²) in [6.07, 6.45) is 5.81. The van der Waals surface area contributed by atoms with Crippen molar-refractivity contribution >= 4 is 11.4 Å². The third kappa shape index (κ3) is 1.55. The van der Waals surface area contributed by atoms with Crippen LogP contribution in [0.3, 0.4) is 0 Å². The van der Waals surface area contributed by atoms with Gasteiger partial charge in [-0.1, -0.05) is 6.08 Å². The summed E-state index contributed by atoms with van der Waals surface area (Å²) in [7, 11) is 0. The Morgan fingerprint density at radius 3 is 2.92 bits per heavy atom. The second kappa shape index (κ2) is 3.18. The van der Waals surface area contributed by atoms with E-state index >= 15 is 0 Å². The Labute approximate surface area is 77.5 Å². The van der Waals surface area contributed by atoms with Crippen LogP contribution in [0.1, 0.15) is 18.4 Å². The van der Waals surface area contributed by atoms with E-state index in [-0.39, 0.29) is 6.04 Å². The number of nitrogen functional groups attached to an aromatic ring is 1. The van der Waals surface area contributed by atoms with E-state index in [9.17, 15) is 0 Å². The first kappa shape index (κ1) is 8.26. The summed E-state index contributed by atoms with van der Waals surface area (Å²) in [6.45, 7) is 0. The summed E-state index contributed by atoms with van der Waals surface area (Å²) < 4.78 is 0. The van der Waals surface area contributed by atoms with Gasteiger partial charge in [0.15, 0.2) is 0 Å². The van der Waals surface area contributed by atoms with Crippen molar-refractivity contribution in [1.82, 2.24) is 4.98 Å². The Morgan fingerprint density at radius 2 is 2.31 bits per heavy atom. The molecular formula is C10H13N3. The smallest absolute Gasteiger partial charge is 0.130 e. The van der Waals surface area contributed by atoms with Crippen LogP contribution in [-0.4, -0.2) is 11.0 Å². The number of rotatable bonds is 1. The highest BCUT2D eigenvalue weighted by molar-refractivity contribution is 5.74. The van der Waals surface area contributed by atoms with E-state index in [4.69, 9.17) is 11.5 Å². The molecule has 0 saturated heterocycles. The van der Waals surface area contributed by atoms with Crippen LogP contribution in [0.15, 0.2) is 24.4 Å². The second-order valence-corrected chi connectivity index (χ2v) is 3.33. The lowest BCUT2D eigenvalue weighted by molar-refractivity contribution is 0.782. The fraction of sp³-hybridized carbons (Fsp3) is 0.300. The molecule has 0 aliphatic heterocycles. The molecule has 1 aromatic heterocycles. The molecule has 1 aliphatic carbocycles. The molecule has 4 N–H and O–H groups in total. The summed E-state index contributed by atoms with van der Waals surface area (Å²) in [6, 6.07) is 4.08. The predicted octanol–water partition coefficient (Wildman–Crippen LogP) is 1.17. The van der Waals surface area contributed by atoms with Gasteiger partial charge in [-0.15, -0.1) is 0 Å². The standard InChI is InChI=1S/C10H13N3/c11-8-4-3-7(6-8)9-2-1-5-13-10(9)12/h1-2,5-6,8H,3-4,11H2,(H2,12,13). The van der Waals surface area contributed by atoms with Gasteiger partial charge in [-0.3, -0.25) is 0 Å². The highest BCUT2D eigenvalue weighted by Crippen LogP contribution is 2.29. The van der Waals surface area contributed by atoms with Crippen LogP contribution < -0.4 is 11.5 Å². The molecule has 1 unspecified atom stereocenters. The minimum atomic E-state index is 0.189. The minimum Gasteiger partial charge on any atom is -0.383 e. The normalized spacial score (nSPS) is 21.6. The van der Waals surface area contributed by atoms with Gasteiger partial charge in [0.2, 0.25) is 0 Å². The molecule has 2 rings (SSSR count). The number of pyridine rings is 1. The molecule has 0 fully saturated rings. The van der Waals surface area contributed by atoms with Crippen LogP contribution in [-0.2, 0) is 0 Å². The number of nitrogens with two attached hydrogens (primary N) is 2. The molecule has 3 nitrogen and oxygen atoms in total. The lowest BCUT2D eigenvalue weighted by atomic mass is 10.1. The first-order valence-corrected chi connectivity index (χ1v) is 4.44. The minimum absolute atomic E-state index is 0.189. The lowest BCUT2D eigenvalue weighted by Crippen LogP contribution is -2.11. The van der Waals surface area contributed by atoms with Gasteiger partial charge < -0.3 is 11.5 Å². The van der Waals surface area contributed by atoms with Gasteiger partial charge in [0.05, 0.1) is 0 Å². The van der Waals surface area contributed by atoms with E-state index < -0.39 is 0 Å². The predicted molar refractivity (Wildman–Crippen MR) is 53.8 cm³/mol. The van der Waals surface area contributed by atoms with Crippen LogP contribution in [0.5, 0.6) is 0 Å². The third-order valence-corrected chi connectivity index (χ3v) is 2.35. The average molecular weight is 175 g/mol. The zero-order chi connectivity index (χ0) is 9.26. The molecule has 1 atom stereocenters. The summed E-state index contributed by atoms with van der Waals surface area (Å²) in [5, 5.41) is 0. The Hall–Kier alpha value is -1.35. The summed E-state index contributed by atoms with van der Waals surface area (Å²) in [5.41, 5.74) is 13.8. The van der Waals surface area contributed by atoms with E-state index in [1.165, 1.54) is 5.57 Å². The van der Waals surface area contributed by atoms with Gasteiger partial charge in [0, 0.05) is 17.8 Å². The van der Waals surface area contributed by atoms with Crippen molar-refractivity contribution in [2.45, 2.75) is 18.9 Å². The monoisotopic (exact) mass is 175 g/mol. The lowest BCUT2D eigenvalue weighted by Gasteiger charge is -2.03. The SMILES string of the molecule is Nc1ncccc1C1=CC(N)CC1. The zero-order valence-electron chi connectivity index (χ0n) is 7.40. The molecule has 13 heavy (non-hydrogen) atoms. The number of hydrogen-bond acceptors (Lipinski definition) is 3. The maximum Gasteiger partial charge on any atom is 0.130 e. The van der Waals surface area contributed by atoms with Gasteiger partial charge in [-0.25, -0.2) is 4.98 Å². The Balaban J connectivity index is 2.36. The molecule has 0 amide bonds. The van der Waals surface area contributed by atoms with Gasteiger partial charge in [-0.05, 0) is 30.5 Å². The Bertz CT molecular complexity index is 344. The van der Waals surface area contributed by atoms with Crippen LogP contribution in [0.4, 0.5) is 5.82 Å². The molecule has 0 aromatic carbocycles.